The van der Waals surface area contributed by atoms with Crippen molar-refractivity contribution < 1.29 is 18.3 Å². The summed E-state index contributed by atoms with van der Waals surface area (Å²) in [5.41, 5.74) is 0. The quantitative estimate of drug-likeness (QED) is 0.824. The third-order valence-electron chi connectivity index (χ3n) is 4.06. The molecule has 17 heavy (non-hydrogen) atoms. The molecule has 0 bridgehead atoms. The Morgan fingerprint density at radius 2 is 1.94 bits per heavy atom. The SMILES string of the molecule is CC1CCC(C(=O)O)CN1S(=O)(=O)C1(C)CC1. The van der Waals surface area contributed by atoms with Gasteiger partial charge in [-0.05, 0) is 39.5 Å². The van der Waals surface area contributed by atoms with Crippen LogP contribution in [-0.2, 0) is 14.8 Å². The van der Waals surface area contributed by atoms with Crippen molar-refractivity contribution in [2.24, 2.45) is 5.92 Å². The van der Waals surface area contributed by atoms with Crippen molar-refractivity contribution in [3.63, 3.8) is 0 Å². The van der Waals surface area contributed by atoms with Crippen molar-refractivity contribution in [1.82, 2.24) is 4.31 Å². The van der Waals surface area contributed by atoms with E-state index in [9.17, 15) is 13.2 Å². The van der Waals surface area contributed by atoms with Crippen molar-refractivity contribution >= 4 is 16.0 Å². The van der Waals surface area contributed by atoms with Gasteiger partial charge in [0.1, 0.15) is 0 Å². The number of aliphatic carboxylic acids is 1. The van der Waals surface area contributed by atoms with Crippen LogP contribution in [0.3, 0.4) is 0 Å². The average Bonchev–Trinajstić information content (AvgIpc) is 2.98. The van der Waals surface area contributed by atoms with Gasteiger partial charge in [-0.15, -0.1) is 0 Å². The van der Waals surface area contributed by atoms with E-state index in [0.29, 0.717) is 25.7 Å². The van der Waals surface area contributed by atoms with Crippen molar-refractivity contribution in [2.45, 2.75) is 50.3 Å². The fourth-order valence-electron chi connectivity index (χ4n) is 2.33. The molecule has 6 heteroatoms. The highest BCUT2D eigenvalue weighted by Gasteiger charge is 2.54. The van der Waals surface area contributed by atoms with Crippen LogP contribution in [0.15, 0.2) is 0 Å². The highest BCUT2D eigenvalue weighted by molar-refractivity contribution is 7.90. The largest absolute Gasteiger partial charge is 0.481 e. The molecule has 1 aliphatic heterocycles. The summed E-state index contributed by atoms with van der Waals surface area (Å²) in [6.45, 7) is 3.75. The Balaban J connectivity index is 2.21. The molecule has 98 valence electrons. The van der Waals surface area contributed by atoms with Crippen LogP contribution in [0.2, 0.25) is 0 Å². The molecule has 5 nitrogen and oxygen atoms in total. The van der Waals surface area contributed by atoms with Gasteiger partial charge in [0.15, 0.2) is 0 Å². The molecule has 0 spiro atoms. The first kappa shape index (κ1) is 12.8. The minimum atomic E-state index is -3.33. The monoisotopic (exact) mass is 261 g/mol. The van der Waals surface area contributed by atoms with Crippen LogP contribution < -0.4 is 0 Å². The van der Waals surface area contributed by atoms with E-state index in [1.165, 1.54) is 4.31 Å². The summed E-state index contributed by atoms with van der Waals surface area (Å²) in [5.74, 6) is -1.44. The zero-order valence-electron chi connectivity index (χ0n) is 10.2. The smallest absolute Gasteiger partial charge is 0.307 e. The topological polar surface area (TPSA) is 74.7 Å². The maximum Gasteiger partial charge on any atom is 0.307 e. The summed E-state index contributed by atoms with van der Waals surface area (Å²) < 4.78 is 25.5. The third kappa shape index (κ3) is 2.08. The van der Waals surface area contributed by atoms with Crippen LogP contribution in [0.5, 0.6) is 0 Å². The van der Waals surface area contributed by atoms with E-state index >= 15 is 0 Å². The van der Waals surface area contributed by atoms with Crippen molar-refractivity contribution in [2.75, 3.05) is 6.54 Å². The summed E-state index contributed by atoms with van der Waals surface area (Å²) in [6, 6.07) is -0.0759. The Labute approximate surface area is 102 Å². The lowest BCUT2D eigenvalue weighted by Crippen LogP contribution is -2.50. The Morgan fingerprint density at radius 1 is 1.35 bits per heavy atom. The first-order valence-corrected chi connectivity index (χ1v) is 7.46. The van der Waals surface area contributed by atoms with Gasteiger partial charge in [0.25, 0.3) is 0 Å². The minimum Gasteiger partial charge on any atom is -0.481 e. The molecular weight excluding hydrogens is 242 g/mol. The molecule has 1 heterocycles. The second-order valence-corrected chi connectivity index (χ2v) is 7.89. The maximum atomic E-state index is 12.4. The predicted octanol–water partition coefficient (Wildman–Crippen LogP) is 1.05. The van der Waals surface area contributed by atoms with Gasteiger partial charge in [-0.3, -0.25) is 4.79 Å². The number of sulfonamides is 1. The Morgan fingerprint density at radius 3 is 2.41 bits per heavy atom. The molecule has 0 aromatic rings. The number of carbonyl (C=O) groups is 1. The summed E-state index contributed by atoms with van der Waals surface area (Å²) in [4.78, 5) is 11.0. The van der Waals surface area contributed by atoms with Crippen LogP contribution in [0.4, 0.5) is 0 Å². The summed E-state index contributed by atoms with van der Waals surface area (Å²) in [7, 11) is -3.33. The molecule has 0 amide bonds. The van der Waals surface area contributed by atoms with E-state index in [4.69, 9.17) is 5.11 Å². The number of carboxylic acids is 1. The molecule has 0 aromatic carbocycles. The lowest BCUT2D eigenvalue weighted by molar-refractivity contribution is -0.143. The number of carboxylic acid groups (broad SMARTS) is 1. The van der Waals surface area contributed by atoms with Gasteiger partial charge in [0, 0.05) is 12.6 Å². The fraction of sp³-hybridized carbons (Fsp3) is 0.909. The van der Waals surface area contributed by atoms with Crippen LogP contribution >= 0.6 is 0 Å². The number of hydrogen-bond acceptors (Lipinski definition) is 3. The maximum absolute atomic E-state index is 12.4. The zero-order valence-corrected chi connectivity index (χ0v) is 11.0. The highest BCUT2D eigenvalue weighted by Crippen LogP contribution is 2.46. The van der Waals surface area contributed by atoms with Gasteiger partial charge in [0.05, 0.1) is 10.7 Å². The van der Waals surface area contributed by atoms with Crippen molar-refractivity contribution in [3.8, 4) is 0 Å². The second-order valence-electron chi connectivity index (χ2n) is 5.49. The molecule has 0 aromatic heterocycles. The van der Waals surface area contributed by atoms with Gasteiger partial charge in [0.2, 0.25) is 10.0 Å². The zero-order chi connectivity index (χ0) is 12.8. The standard InChI is InChI=1S/C11H19NO4S/c1-8-3-4-9(10(13)14)7-12(8)17(15,16)11(2)5-6-11/h8-9H,3-7H2,1-2H3,(H,13,14). The van der Waals surface area contributed by atoms with Gasteiger partial charge >= 0.3 is 5.97 Å². The number of piperidine rings is 1. The van der Waals surface area contributed by atoms with Gasteiger partial charge in [-0.2, -0.15) is 4.31 Å². The number of rotatable bonds is 3. The molecule has 2 aliphatic rings. The highest BCUT2D eigenvalue weighted by atomic mass is 32.2. The lowest BCUT2D eigenvalue weighted by Gasteiger charge is -2.37. The van der Waals surface area contributed by atoms with E-state index < -0.39 is 26.7 Å². The third-order valence-corrected chi connectivity index (χ3v) is 6.84. The van der Waals surface area contributed by atoms with E-state index in [-0.39, 0.29) is 12.6 Å². The van der Waals surface area contributed by atoms with Crippen molar-refractivity contribution in [1.29, 1.82) is 0 Å². The molecule has 0 radical (unpaired) electrons. The first-order valence-electron chi connectivity index (χ1n) is 6.02. The van der Waals surface area contributed by atoms with Crippen LogP contribution in [-0.4, -0.2) is 41.1 Å². The van der Waals surface area contributed by atoms with Crippen LogP contribution in [0, 0.1) is 5.92 Å². The summed E-state index contributed by atoms with van der Waals surface area (Å²) in [6.07, 6.45) is 2.58. The minimum absolute atomic E-state index is 0.0759. The molecule has 2 unspecified atom stereocenters. The Kier molecular flexibility index (Phi) is 2.98. The number of hydrogen-bond donors (Lipinski definition) is 1. The Bertz CT molecular complexity index is 427. The first-order chi connectivity index (χ1) is 7.78. The summed E-state index contributed by atoms with van der Waals surface area (Å²) >= 11 is 0. The average molecular weight is 261 g/mol. The van der Waals surface area contributed by atoms with Gasteiger partial charge in [-0.25, -0.2) is 8.42 Å². The molecule has 1 aliphatic carbocycles. The van der Waals surface area contributed by atoms with Crippen LogP contribution in [0.25, 0.3) is 0 Å². The van der Waals surface area contributed by atoms with E-state index in [2.05, 4.69) is 0 Å². The molecule has 1 N–H and O–H groups in total. The van der Waals surface area contributed by atoms with Gasteiger partial charge in [-0.1, -0.05) is 0 Å². The van der Waals surface area contributed by atoms with E-state index in [0.717, 1.165) is 0 Å². The Hall–Kier alpha value is -0.620. The molecule has 1 saturated heterocycles. The van der Waals surface area contributed by atoms with E-state index in [1.807, 2.05) is 6.92 Å². The van der Waals surface area contributed by atoms with Crippen molar-refractivity contribution in [3.05, 3.63) is 0 Å². The molecular formula is C11H19NO4S. The molecule has 2 fully saturated rings. The van der Waals surface area contributed by atoms with Gasteiger partial charge < -0.3 is 5.11 Å². The predicted molar refractivity (Wildman–Crippen MR) is 63.1 cm³/mol. The summed E-state index contributed by atoms with van der Waals surface area (Å²) in [5, 5.41) is 9.00. The molecule has 1 saturated carbocycles. The second kappa shape index (κ2) is 3.95. The number of nitrogens with zero attached hydrogens (tertiary/aromatic N) is 1. The van der Waals surface area contributed by atoms with Crippen LogP contribution in [0.1, 0.15) is 39.5 Å². The lowest BCUT2D eigenvalue weighted by atomic mass is 9.96. The normalized spacial score (nSPS) is 33.3. The molecule has 2 rings (SSSR count). The molecule has 2 atom stereocenters. The fourth-order valence-corrected chi connectivity index (χ4v) is 4.47. The van der Waals surface area contributed by atoms with E-state index in [1.54, 1.807) is 6.92 Å².